The molecule has 1 saturated heterocycles. The Bertz CT molecular complexity index is 444. The molecule has 0 radical (unpaired) electrons. The number of hydrogen-bond donors (Lipinski definition) is 1. The third-order valence-corrected chi connectivity index (χ3v) is 4.60. The second-order valence-corrected chi connectivity index (χ2v) is 5.95. The van der Waals surface area contributed by atoms with Gasteiger partial charge in [-0.1, -0.05) is 12.8 Å². The van der Waals surface area contributed by atoms with E-state index < -0.39 is 0 Å². The lowest BCUT2D eigenvalue weighted by atomic mass is 9.78. The van der Waals surface area contributed by atoms with E-state index in [2.05, 4.69) is 17.0 Å². The van der Waals surface area contributed by atoms with E-state index >= 15 is 0 Å². The van der Waals surface area contributed by atoms with Gasteiger partial charge in [0.15, 0.2) is 0 Å². The Labute approximate surface area is 115 Å². The van der Waals surface area contributed by atoms with Gasteiger partial charge >= 0.3 is 0 Å². The van der Waals surface area contributed by atoms with Crippen molar-refractivity contribution in [2.45, 2.75) is 39.2 Å². The average Bonchev–Trinajstić information content (AvgIpc) is 2.87. The molecule has 1 aromatic carbocycles. The lowest BCUT2D eigenvalue weighted by molar-refractivity contribution is 0.221. The van der Waals surface area contributed by atoms with Gasteiger partial charge in [-0.2, -0.15) is 0 Å². The predicted octanol–water partition coefficient (Wildman–Crippen LogP) is 2.96. The normalized spacial score (nSPS) is 20.6. The van der Waals surface area contributed by atoms with E-state index in [1.807, 2.05) is 13.0 Å². The van der Waals surface area contributed by atoms with Crippen LogP contribution in [0.25, 0.3) is 0 Å². The fraction of sp³-hybridized carbons (Fsp3) is 0.625. The van der Waals surface area contributed by atoms with Crippen molar-refractivity contribution in [1.82, 2.24) is 0 Å². The standard InChI is InChI=1S/C16H23NO2/c1-2-19-15-6-5-14(9-13(15)10-18)17-11-16(12-17)7-3-4-8-16/h5-6,9,18H,2-4,7-8,10-12H2,1H3. The van der Waals surface area contributed by atoms with Crippen LogP contribution < -0.4 is 9.64 Å². The molecule has 1 spiro atoms. The van der Waals surface area contributed by atoms with Gasteiger partial charge in [-0.05, 0) is 38.0 Å². The van der Waals surface area contributed by atoms with E-state index in [-0.39, 0.29) is 6.61 Å². The van der Waals surface area contributed by atoms with Gasteiger partial charge in [-0.3, -0.25) is 0 Å². The van der Waals surface area contributed by atoms with Gasteiger partial charge in [-0.25, -0.2) is 0 Å². The van der Waals surface area contributed by atoms with Crippen LogP contribution in [0.1, 0.15) is 38.2 Å². The summed E-state index contributed by atoms with van der Waals surface area (Å²) in [5.41, 5.74) is 2.73. The first-order valence-electron chi connectivity index (χ1n) is 7.38. The Kier molecular flexibility index (Phi) is 3.40. The number of aliphatic hydroxyl groups excluding tert-OH is 1. The third-order valence-electron chi connectivity index (χ3n) is 4.60. The first-order valence-corrected chi connectivity index (χ1v) is 7.38. The second-order valence-electron chi connectivity index (χ2n) is 5.95. The number of benzene rings is 1. The summed E-state index contributed by atoms with van der Waals surface area (Å²) >= 11 is 0. The van der Waals surface area contributed by atoms with Crippen molar-refractivity contribution in [2.75, 3.05) is 24.6 Å². The number of anilines is 1. The summed E-state index contributed by atoms with van der Waals surface area (Å²) in [7, 11) is 0. The van der Waals surface area contributed by atoms with Crippen LogP contribution in [0.3, 0.4) is 0 Å². The molecule has 0 aromatic heterocycles. The Hall–Kier alpha value is -1.22. The van der Waals surface area contributed by atoms with Gasteiger partial charge < -0.3 is 14.7 Å². The highest BCUT2D eigenvalue weighted by atomic mass is 16.5. The van der Waals surface area contributed by atoms with Gasteiger partial charge in [0.1, 0.15) is 5.75 Å². The number of nitrogens with zero attached hydrogens (tertiary/aromatic N) is 1. The quantitative estimate of drug-likeness (QED) is 0.904. The van der Waals surface area contributed by atoms with Crippen LogP contribution in [0.5, 0.6) is 5.75 Å². The van der Waals surface area contributed by atoms with Gasteiger partial charge in [0.25, 0.3) is 0 Å². The highest BCUT2D eigenvalue weighted by Crippen LogP contribution is 2.47. The van der Waals surface area contributed by atoms with E-state index in [0.29, 0.717) is 12.0 Å². The zero-order chi connectivity index (χ0) is 13.3. The van der Waals surface area contributed by atoms with E-state index in [1.54, 1.807) is 0 Å². The monoisotopic (exact) mass is 261 g/mol. The minimum atomic E-state index is 0.0438. The predicted molar refractivity (Wildman–Crippen MR) is 76.6 cm³/mol. The summed E-state index contributed by atoms with van der Waals surface area (Å²) in [6.07, 6.45) is 5.60. The molecule has 104 valence electrons. The topological polar surface area (TPSA) is 32.7 Å². The molecule has 3 nitrogen and oxygen atoms in total. The molecule has 2 fully saturated rings. The molecule has 1 N–H and O–H groups in total. The average molecular weight is 261 g/mol. The molecule has 0 amide bonds. The van der Waals surface area contributed by atoms with Crippen LogP contribution in [0.15, 0.2) is 18.2 Å². The van der Waals surface area contributed by atoms with Crippen molar-refractivity contribution in [3.8, 4) is 5.75 Å². The summed E-state index contributed by atoms with van der Waals surface area (Å²) in [5.74, 6) is 0.810. The number of hydrogen-bond acceptors (Lipinski definition) is 3. The summed E-state index contributed by atoms with van der Waals surface area (Å²) in [5, 5.41) is 9.45. The summed E-state index contributed by atoms with van der Waals surface area (Å²) < 4.78 is 5.53. The van der Waals surface area contributed by atoms with Crippen LogP contribution in [-0.4, -0.2) is 24.8 Å². The molecule has 1 aliphatic heterocycles. The largest absolute Gasteiger partial charge is 0.494 e. The van der Waals surface area contributed by atoms with Gasteiger partial charge in [-0.15, -0.1) is 0 Å². The maximum absolute atomic E-state index is 9.45. The Morgan fingerprint density at radius 2 is 2.00 bits per heavy atom. The Morgan fingerprint density at radius 3 is 2.63 bits per heavy atom. The van der Waals surface area contributed by atoms with Crippen molar-refractivity contribution in [2.24, 2.45) is 5.41 Å². The SMILES string of the molecule is CCOc1ccc(N2CC3(CCCC3)C2)cc1CO. The molecular weight excluding hydrogens is 238 g/mol. The van der Waals surface area contributed by atoms with E-state index in [4.69, 9.17) is 4.74 Å². The molecule has 1 aromatic rings. The minimum absolute atomic E-state index is 0.0438. The molecule has 1 heterocycles. The molecule has 0 atom stereocenters. The van der Waals surface area contributed by atoms with Crippen molar-refractivity contribution < 1.29 is 9.84 Å². The highest BCUT2D eigenvalue weighted by molar-refractivity contribution is 5.55. The number of ether oxygens (including phenoxy) is 1. The van der Waals surface area contributed by atoms with Gasteiger partial charge in [0.05, 0.1) is 13.2 Å². The van der Waals surface area contributed by atoms with Crippen LogP contribution in [0.4, 0.5) is 5.69 Å². The van der Waals surface area contributed by atoms with Crippen LogP contribution in [0, 0.1) is 5.41 Å². The van der Waals surface area contributed by atoms with Crippen molar-refractivity contribution in [3.05, 3.63) is 23.8 Å². The molecule has 0 unspecified atom stereocenters. The number of aliphatic hydroxyl groups is 1. The van der Waals surface area contributed by atoms with Crippen LogP contribution in [-0.2, 0) is 6.61 Å². The van der Waals surface area contributed by atoms with E-state index in [1.165, 1.54) is 44.5 Å². The van der Waals surface area contributed by atoms with E-state index in [9.17, 15) is 5.11 Å². The van der Waals surface area contributed by atoms with E-state index in [0.717, 1.165) is 11.3 Å². The molecule has 2 aliphatic rings. The van der Waals surface area contributed by atoms with Crippen molar-refractivity contribution in [3.63, 3.8) is 0 Å². The summed E-state index contributed by atoms with van der Waals surface area (Å²) in [6.45, 7) is 5.02. The Balaban J connectivity index is 1.72. The Morgan fingerprint density at radius 1 is 1.26 bits per heavy atom. The molecular formula is C16H23NO2. The summed E-state index contributed by atoms with van der Waals surface area (Å²) in [4.78, 5) is 2.43. The van der Waals surface area contributed by atoms with Crippen molar-refractivity contribution >= 4 is 5.69 Å². The lowest BCUT2D eigenvalue weighted by Gasteiger charge is -2.50. The first kappa shape index (κ1) is 12.8. The molecule has 19 heavy (non-hydrogen) atoms. The fourth-order valence-corrected chi connectivity index (χ4v) is 3.57. The smallest absolute Gasteiger partial charge is 0.124 e. The van der Waals surface area contributed by atoms with Crippen molar-refractivity contribution in [1.29, 1.82) is 0 Å². The zero-order valence-corrected chi connectivity index (χ0v) is 11.7. The second kappa shape index (κ2) is 5.04. The van der Waals surface area contributed by atoms with Crippen LogP contribution >= 0.6 is 0 Å². The van der Waals surface area contributed by atoms with Gasteiger partial charge in [0.2, 0.25) is 0 Å². The molecule has 3 heteroatoms. The zero-order valence-electron chi connectivity index (χ0n) is 11.7. The van der Waals surface area contributed by atoms with Gasteiger partial charge in [0, 0.05) is 29.8 Å². The molecule has 1 aliphatic carbocycles. The molecule has 1 saturated carbocycles. The lowest BCUT2D eigenvalue weighted by Crippen LogP contribution is -2.55. The third kappa shape index (κ3) is 2.32. The first-order chi connectivity index (χ1) is 9.26. The highest BCUT2D eigenvalue weighted by Gasteiger charge is 2.44. The number of rotatable bonds is 4. The fourth-order valence-electron chi connectivity index (χ4n) is 3.57. The maximum atomic E-state index is 9.45. The van der Waals surface area contributed by atoms with Crippen LogP contribution in [0.2, 0.25) is 0 Å². The summed E-state index contributed by atoms with van der Waals surface area (Å²) in [6, 6.07) is 6.18. The minimum Gasteiger partial charge on any atom is -0.494 e. The molecule has 3 rings (SSSR count). The molecule has 0 bridgehead atoms. The maximum Gasteiger partial charge on any atom is 0.124 e.